The molecule has 0 bridgehead atoms. The molecule has 4 nitrogen and oxygen atoms in total. The Balaban J connectivity index is 1.54. The highest BCUT2D eigenvalue weighted by atomic mass is 32.1. The number of aromatic nitrogens is 1. The molecule has 138 valence electrons. The van der Waals surface area contributed by atoms with Crippen LogP contribution in [0.5, 0.6) is 0 Å². The summed E-state index contributed by atoms with van der Waals surface area (Å²) in [6, 6.07) is 6.80. The SMILES string of the molecule is CCOC1CC2(CCN(C(=O)c3csc(C)n3)CC2)c2ccc(C)cc21. The zero-order valence-electron chi connectivity index (χ0n) is 15.7. The fourth-order valence-electron chi connectivity index (χ4n) is 4.59. The van der Waals surface area contributed by atoms with Gasteiger partial charge in [0.25, 0.3) is 5.91 Å². The molecule has 1 amide bonds. The number of carbonyl (C=O) groups is 1. The number of hydrogen-bond acceptors (Lipinski definition) is 4. The van der Waals surface area contributed by atoms with Crippen LogP contribution < -0.4 is 0 Å². The van der Waals surface area contributed by atoms with Crippen LogP contribution in [0, 0.1) is 13.8 Å². The van der Waals surface area contributed by atoms with Gasteiger partial charge < -0.3 is 9.64 Å². The molecule has 0 radical (unpaired) electrons. The molecule has 1 atom stereocenters. The van der Waals surface area contributed by atoms with E-state index in [1.54, 1.807) is 0 Å². The first-order chi connectivity index (χ1) is 12.5. The second-order valence-electron chi connectivity index (χ2n) is 7.56. The van der Waals surface area contributed by atoms with Gasteiger partial charge >= 0.3 is 0 Å². The maximum atomic E-state index is 12.7. The van der Waals surface area contributed by atoms with Crippen molar-refractivity contribution in [3.05, 3.63) is 51.0 Å². The third kappa shape index (κ3) is 2.97. The number of amides is 1. The predicted octanol–water partition coefficient (Wildman–Crippen LogP) is 4.42. The number of aryl methyl sites for hydroxylation is 2. The molecule has 1 unspecified atom stereocenters. The molecule has 4 rings (SSSR count). The van der Waals surface area contributed by atoms with Crippen LogP contribution in [0.1, 0.15) is 64.5 Å². The predicted molar refractivity (Wildman–Crippen MR) is 104 cm³/mol. The van der Waals surface area contributed by atoms with E-state index >= 15 is 0 Å². The molecule has 1 spiro atoms. The molecular weight excluding hydrogens is 344 g/mol. The lowest BCUT2D eigenvalue weighted by Crippen LogP contribution is -2.44. The van der Waals surface area contributed by atoms with E-state index in [-0.39, 0.29) is 17.4 Å². The van der Waals surface area contributed by atoms with Gasteiger partial charge in [-0.3, -0.25) is 4.79 Å². The van der Waals surface area contributed by atoms with Crippen molar-refractivity contribution in [2.24, 2.45) is 0 Å². The van der Waals surface area contributed by atoms with Crippen LogP contribution in [0.4, 0.5) is 0 Å². The maximum absolute atomic E-state index is 12.7. The van der Waals surface area contributed by atoms with Gasteiger partial charge in [0, 0.05) is 30.5 Å². The average Bonchev–Trinajstić information content (AvgIpc) is 3.18. The summed E-state index contributed by atoms with van der Waals surface area (Å²) in [6.45, 7) is 8.48. The zero-order valence-corrected chi connectivity index (χ0v) is 16.6. The highest BCUT2D eigenvalue weighted by Crippen LogP contribution is 2.52. The zero-order chi connectivity index (χ0) is 18.3. The number of rotatable bonds is 3. The largest absolute Gasteiger partial charge is 0.374 e. The van der Waals surface area contributed by atoms with Gasteiger partial charge in [0.05, 0.1) is 11.1 Å². The van der Waals surface area contributed by atoms with E-state index in [0.717, 1.165) is 44.0 Å². The standard InChI is InChI=1S/C21H26N2O2S/c1-4-25-19-12-21(17-6-5-14(2)11-16(17)19)7-9-23(10-8-21)20(24)18-13-26-15(3)22-18/h5-6,11,13,19H,4,7-10,12H2,1-3H3. The van der Waals surface area contributed by atoms with E-state index in [1.165, 1.54) is 28.0 Å². The van der Waals surface area contributed by atoms with Gasteiger partial charge in [-0.15, -0.1) is 11.3 Å². The topological polar surface area (TPSA) is 42.4 Å². The molecule has 1 aliphatic heterocycles. The number of benzene rings is 1. The number of fused-ring (bicyclic) bond motifs is 2. The first-order valence-corrected chi connectivity index (χ1v) is 10.3. The Morgan fingerprint density at radius 1 is 1.35 bits per heavy atom. The van der Waals surface area contributed by atoms with E-state index in [4.69, 9.17) is 4.74 Å². The summed E-state index contributed by atoms with van der Waals surface area (Å²) in [5.74, 6) is 0.0766. The lowest BCUT2D eigenvalue weighted by atomic mass is 9.73. The van der Waals surface area contributed by atoms with Crippen molar-refractivity contribution >= 4 is 17.2 Å². The summed E-state index contributed by atoms with van der Waals surface area (Å²) in [5.41, 5.74) is 4.84. The van der Waals surface area contributed by atoms with Gasteiger partial charge in [-0.1, -0.05) is 23.8 Å². The Hall–Kier alpha value is -1.72. The lowest BCUT2D eigenvalue weighted by molar-refractivity contribution is 0.0380. The number of thiazole rings is 1. The van der Waals surface area contributed by atoms with Gasteiger partial charge in [0.15, 0.2) is 0 Å². The lowest BCUT2D eigenvalue weighted by Gasteiger charge is -2.40. The summed E-state index contributed by atoms with van der Waals surface area (Å²) in [5, 5.41) is 2.82. The van der Waals surface area contributed by atoms with Crippen LogP contribution in [-0.4, -0.2) is 35.5 Å². The Labute approximate surface area is 159 Å². The summed E-state index contributed by atoms with van der Waals surface area (Å²) in [4.78, 5) is 19.1. The Morgan fingerprint density at radius 3 is 2.77 bits per heavy atom. The smallest absolute Gasteiger partial charge is 0.273 e. The third-order valence-electron chi connectivity index (χ3n) is 5.92. The number of likely N-dealkylation sites (tertiary alicyclic amines) is 1. The van der Waals surface area contributed by atoms with Crippen molar-refractivity contribution in [2.45, 2.75) is 51.6 Å². The minimum absolute atomic E-state index is 0.0766. The Bertz CT molecular complexity index is 821. The Morgan fingerprint density at radius 2 is 2.12 bits per heavy atom. The van der Waals surface area contributed by atoms with Crippen molar-refractivity contribution in [2.75, 3.05) is 19.7 Å². The van der Waals surface area contributed by atoms with E-state index in [2.05, 4.69) is 37.0 Å². The molecule has 2 aliphatic rings. The van der Waals surface area contributed by atoms with Crippen LogP contribution in [0.25, 0.3) is 0 Å². The number of ether oxygens (including phenoxy) is 1. The van der Waals surface area contributed by atoms with Crippen LogP contribution in [0.15, 0.2) is 23.6 Å². The van der Waals surface area contributed by atoms with Crippen LogP contribution >= 0.6 is 11.3 Å². The van der Waals surface area contributed by atoms with Crippen molar-refractivity contribution in [1.29, 1.82) is 0 Å². The number of piperidine rings is 1. The molecule has 0 N–H and O–H groups in total. The van der Waals surface area contributed by atoms with Gasteiger partial charge in [-0.25, -0.2) is 4.98 Å². The van der Waals surface area contributed by atoms with Gasteiger partial charge in [0.1, 0.15) is 5.69 Å². The molecule has 1 aliphatic carbocycles. The van der Waals surface area contributed by atoms with Crippen molar-refractivity contribution in [3.8, 4) is 0 Å². The van der Waals surface area contributed by atoms with Gasteiger partial charge in [-0.2, -0.15) is 0 Å². The van der Waals surface area contributed by atoms with Crippen molar-refractivity contribution in [1.82, 2.24) is 9.88 Å². The molecule has 1 saturated heterocycles. The first kappa shape index (κ1) is 17.7. The fraction of sp³-hybridized carbons (Fsp3) is 0.524. The minimum atomic E-state index is 0.0766. The molecule has 2 aromatic rings. The molecule has 1 aromatic carbocycles. The molecule has 0 saturated carbocycles. The quantitative estimate of drug-likeness (QED) is 0.803. The van der Waals surface area contributed by atoms with Gasteiger partial charge in [0.2, 0.25) is 0 Å². The van der Waals surface area contributed by atoms with Crippen LogP contribution in [0.3, 0.4) is 0 Å². The third-order valence-corrected chi connectivity index (χ3v) is 6.69. The van der Waals surface area contributed by atoms with Crippen LogP contribution in [-0.2, 0) is 10.2 Å². The minimum Gasteiger partial charge on any atom is -0.374 e. The maximum Gasteiger partial charge on any atom is 0.273 e. The van der Waals surface area contributed by atoms with E-state index < -0.39 is 0 Å². The molecular formula is C21H26N2O2S. The summed E-state index contributed by atoms with van der Waals surface area (Å²) in [6.07, 6.45) is 3.24. The number of nitrogens with zero attached hydrogens (tertiary/aromatic N) is 2. The summed E-state index contributed by atoms with van der Waals surface area (Å²) < 4.78 is 6.07. The number of hydrogen-bond donors (Lipinski definition) is 0. The normalized spacial score (nSPS) is 21.2. The average molecular weight is 371 g/mol. The fourth-order valence-corrected chi connectivity index (χ4v) is 5.18. The second-order valence-corrected chi connectivity index (χ2v) is 8.63. The Kier molecular flexibility index (Phi) is 4.61. The summed E-state index contributed by atoms with van der Waals surface area (Å²) in [7, 11) is 0. The number of carbonyl (C=O) groups excluding carboxylic acids is 1. The molecule has 5 heteroatoms. The van der Waals surface area contributed by atoms with E-state index in [0.29, 0.717) is 5.69 Å². The first-order valence-electron chi connectivity index (χ1n) is 9.46. The van der Waals surface area contributed by atoms with Crippen molar-refractivity contribution < 1.29 is 9.53 Å². The highest BCUT2D eigenvalue weighted by molar-refractivity contribution is 7.09. The van der Waals surface area contributed by atoms with Crippen LogP contribution in [0.2, 0.25) is 0 Å². The van der Waals surface area contributed by atoms with Gasteiger partial charge in [-0.05, 0) is 51.2 Å². The van der Waals surface area contributed by atoms with E-state index in [9.17, 15) is 4.79 Å². The highest BCUT2D eigenvalue weighted by Gasteiger charge is 2.46. The monoisotopic (exact) mass is 370 g/mol. The molecule has 1 aromatic heterocycles. The molecule has 26 heavy (non-hydrogen) atoms. The molecule has 2 heterocycles. The van der Waals surface area contributed by atoms with E-state index in [1.807, 2.05) is 17.2 Å². The van der Waals surface area contributed by atoms with Crippen molar-refractivity contribution in [3.63, 3.8) is 0 Å². The second kappa shape index (κ2) is 6.78. The summed E-state index contributed by atoms with van der Waals surface area (Å²) >= 11 is 1.54. The molecule has 1 fully saturated rings.